The minimum Gasteiger partial charge on any atom is -0.411 e. The molecule has 0 fully saturated rings. The Morgan fingerprint density at radius 2 is 1.79 bits per heavy atom. The fourth-order valence-electron chi connectivity index (χ4n) is 2.87. The van der Waals surface area contributed by atoms with Gasteiger partial charge in [-0.25, -0.2) is 9.67 Å². The van der Waals surface area contributed by atoms with Gasteiger partial charge in [-0.3, -0.25) is 0 Å². The molecule has 1 aromatic heterocycles. The molecule has 0 aliphatic carbocycles. The number of aliphatic imine (C=N–C) groups is 1. The summed E-state index contributed by atoms with van der Waals surface area (Å²) in [4.78, 5) is 8.77. The van der Waals surface area contributed by atoms with Crippen LogP contribution in [0.25, 0.3) is 0 Å². The summed E-state index contributed by atoms with van der Waals surface area (Å²) in [6, 6.07) is 17.3. The molecule has 0 spiro atoms. The van der Waals surface area contributed by atoms with Gasteiger partial charge in [0.05, 0.1) is 0 Å². The molecule has 24 heavy (non-hydrogen) atoms. The van der Waals surface area contributed by atoms with Crippen LogP contribution in [0.1, 0.15) is 22.7 Å². The molecule has 0 amide bonds. The maximum Gasteiger partial charge on any atom is 0.249 e. The van der Waals surface area contributed by atoms with Gasteiger partial charge in [-0.2, -0.15) is 10.1 Å². The van der Waals surface area contributed by atoms with Gasteiger partial charge in [0, 0.05) is 5.56 Å². The van der Waals surface area contributed by atoms with Crippen LogP contribution in [0.3, 0.4) is 0 Å². The second kappa shape index (κ2) is 5.73. The minimum absolute atomic E-state index is 0.373. The predicted octanol–water partition coefficient (Wildman–Crippen LogP) is 3.14. The number of benzene rings is 2. The highest BCUT2D eigenvalue weighted by Crippen LogP contribution is 2.30. The number of fused-ring (bicyclic) bond motifs is 1. The smallest absolute Gasteiger partial charge is 0.249 e. The second-order valence-corrected chi connectivity index (χ2v) is 5.63. The molecule has 1 N–H and O–H groups in total. The number of hydrogen-bond acceptors (Lipinski definition) is 5. The van der Waals surface area contributed by atoms with Crippen molar-refractivity contribution in [2.24, 2.45) is 10.1 Å². The summed E-state index contributed by atoms with van der Waals surface area (Å²) in [5.41, 5.74) is 4.04. The largest absolute Gasteiger partial charge is 0.411 e. The Hall–Kier alpha value is -3.28. The molecule has 1 aliphatic rings. The predicted molar refractivity (Wildman–Crippen MR) is 91.2 cm³/mol. The van der Waals surface area contributed by atoms with E-state index in [1.165, 1.54) is 6.33 Å². The fraction of sp³-hybridized carbons (Fsp3) is 0.111. The summed E-state index contributed by atoms with van der Waals surface area (Å²) in [5, 5.41) is 17.5. The second-order valence-electron chi connectivity index (χ2n) is 5.63. The molecule has 0 bridgehead atoms. The van der Waals surface area contributed by atoms with E-state index in [1.54, 1.807) is 4.68 Å². The van der Waals surface area contributed by atoms with Gasteiger partial charge in [0.25, 0.3) is 0 Å². The summed E-state index contributed by atoms with van der Waals surface area (Å²) in [7, 11) is 0. The molecule has 0 radical (unpaired) electrons. The van der Waals surface area contributed by atoms with Crippen LogP contribution in [-0.4, -0.2) is 31.4 Å². The number of nitrogens with zero attached hydrogens (tertiary/aromatic N) is 5. The molecule has 6 nitrogen and oxygen atoms in total. The van der Waals surface area contributed by atoms with Crippen LogP contribution in [-0.2, 0) is 0 Å². The van der Waals surface area contributed by atoms with E-state index in [9.17, 15) is 5.21 Å². The van der Waals surface area contributed by atoms with Crippen molar-refractivity contribution >= 4 is 17.4 Å². The molecule has 1 unspecified atom stereocenters. The maximum atomic E-state index is 9.72. The summed E-state index contributed by atoms with van der Waals surface area (Å²) in [6.07, 6.45) is 1.46. The average Bonchev–Trinajstić information content (AvgIpc) is 3.09. The molecule has 1 atom stereocenters. The molecule has 118 valence electrons. The van der Waals surface area contributed by atoms with Crippen LogP contribution < -0.4 is 0 Å². The zero-order valence-electron chi connectivity index (χ0n) is 13.0. The third kappa shape index (κ3) is 2.28. The molecule has 0 saturated carbocycles. The lowest BCUT2D eigenvalue weighted by molar-refractivity contribution is 0.316. The van der Waals surface area contributed by atoms with Crippen molar-refractivity contribution in [1.82, 2.24) is 14.8 Å². The van der Waals surface area contributed by atoms with Crippen LogP contribution >= 0.6 is 0 Å². The minimum atomic E-state index is -0.373. The van der Waals surface area contributed by atoms with Crippen molar-refractivity contribution in [3.63, 3.8) is 0 Å². The molecule has 6 heteroatoms. The molecule has 4 rings (SSSR count). The highest BCUT2D eigenvalue weighted by Gasteiger charge is 2.33. The lowest BCUT2D eigenvalue weighted by Crippen LogP contribution is -2.32. The third-order valence-electron chi connectivity index (χ3n) is 4.06. The van der Waals surface area contributed by atoms with Crippen molar-refractivity contribution in [3.8, 4) is 0 Å². The number of hydrogen-bond donors (Lipinski definition) is 1. The van der Waals surface area contributed by atoms with Crippen LogP contribution in [0.2, 0.25) is 0 Å². The zero-order chi connectivity index (χ0) is 16.5. The van der Waals surface area contributed by atoms with Crippen molar-refractivity contribution < 1.29 is 5.21 Å². The Balaban J connectivity index is 1.91. The Morgan fingerprint density at radius 1 is 1.04 bits per heavy atom. The summed E-state index contributed by atoms with van der Waals surface area (Å²) >= 11 is 0. The van der Waals surface area contributed by atoms with E-state index in [0.717, 1.165) is 16.7 Å². The molecule has 0 saturated heterocycles. The normalized spacial score (nSPS) is 18.3. The lowest BCUT2D eigenvalue weighted by Gasteiger charge is -2.24. The maximum absolute atomic E-state index is 9.72. The first kappa shape index (κ1) is 14.3. The SMILES string of the molecule is Cc1ccc(C2=Nc3ncnn3C(c3ccccc3)/C2=N/O)cc1. The number of aromatic nitrogens is 3. The van der Waals surface area contributed by atoms with E-state index in [4.69, 9.17) is 0 Å². The third-order valence-corrected chi connectivity index (χ3v) is 4.06. The Morgan fingerprint density at radius 3 is 2.50 bits per heavy atom. The number of oxime groups is 1. The summed E-state index contributed by atoms with van der Waals surface area (Å²) in [6.45, 7) is 2.02. The molecule has 1 aliphatic heterocycles. The first-order valence-electron chi connectivity index (χ1n) is 7.60. The first-order valence-corrected chi connectivity index (χ1v) is 7.60. The first-order chi connectivity index (χ1) is 11.8. The van der Waals surface area contributed by atoms with Gasteiger partial charge >= 0.3 is 0 Å². The van der Waals surface area contributed by atoms with Crippen LogP contribution in [0.15, 0.2) is 71.1 Å². The topological polar surface area (TPSA) is 75.7 Å². The quantitative estimate of drug-likeness (QED) is 0.583. The van der Waals surface area contributed by atoms with Crippen molar-refractivity contribution in [2.75, 3.05) is 0 Å². The van der Waals surface area contributed by atoms with Gasteiger partial charge in [-0.15, -0.1) is 0 Å². The van der Waals surface area contributed by atoms with E-state index in [2.05, 4.69) is 20.2 Å². The van der Waals surface area contributed by atoms with E-state index in [-0.39, 0.29) is 6.04 Å². The van der Waals surface area contributed by atoms with E-state index >= 15 is 0 Å². The van der Waals surface area contributed by atoms with Gasteiger partial charge in [0.1, 0.15) is 23.8 Å². The van der Waals surface area contributed by atoms with Gasteiger partial charge in [-0.05, 0) is 12.5 Å². The Kier molecular flexibility index (Phi) is 3.42. The van der Waals surface area contributed by atoms with Gasteiger partial charge in [0.2, 0.25) is 5.95 Å². The fourth-order valence-corrected chi connectivity index (χ4v) is 2.87. The van der Waals surface area contributed by atoms with Crippen LogP contribution in [0.4, 0.5) is 5.95 Å². The van der Waals surface area contributed by atoms with Crippen LogP contribution in [0.5, 0.6) is 0 Å². The highest BCUT2D eigenvalue weighted by atomic mass is 16.4. The Labute approximate surface area is 138 Å². The summed E-state index contributed by atoms with van der Waals surface area (Å²) < 4.78 is 1.67. The molecular weight excluding hydrogens is 302 g/mol. The number of rotatable bonds is 2. The highest BCUT2D eigenvalue weighted by molar-refractivity contribution is 6.50. The van der Waals surface area contributed by atoms with Crippen molar-refractivity contribution in [3.05, 3.63) is 77.6 Å². The summed E-state index contributed by atoms with van der Waals surface area (Å²) in [5.74, 6) is 0.492. The molecule has 2 heterocycles. The van der Waals surface area contributed by atoms with Crippen molar-refractivity contribution in [1.29, 1.82) is 0 Å². The van der Waals surface area contributed by atoms with Crippen molar-refractivity contribution in [2.45, 2.75) is 13.0 Å². The lowest BCUT2D eigenvalue weighted by atomic mass is 9.93. The molecular formula is C18H15N5O. The zero-order valence-corrected chi connectivity index (χ0v) is 13.0. The Bertz CT molecular complexity index is 926. The van der Waals surface area contributed by atoms with Gasteiger partial charge < -0.3 is 5.21 Å². The van der Waals surface area contributed by atoms with Crippen LogP contribution in [0, 0.1) is 6.92 Å². The standard InChI is InChI=1S/C18H15N5O/c1-12-7-9-13(10-8-12)15-16(22-24)17(14-5-3-2-4-6-14)23-18(21-15)19-11-20-23/h2-11,17,24H,1H3/b22-16+. The van der Waals surface area contributed by atoms with E-state index in [0.29, 0.717) is 17.4 Å². The molecule has 3 aromatic rings. The number of aryl methyl sites for hydroxylation is 1. The van der Waals surface area contributed by atoms with E-state index in [1.807, 2.05) is 61.5 Å². The van der Waals surface area contributed by atoms with Gasteiger partial charge in [-0.1, -0.05) is 65.3 Å². The van der Waals surface area contributed by atoms with Gasteiger partial charge in [0.15, 0.2) is 0 Å². The average molecular weight is 317 g/mol. The molecule has 2 aromatic carbocycles. The van der Waals surface area contributed by atoms with E-state index < -0.39 is 0 Å². The monoisotopic (exact) mass is 317 g/mol.